The van der Waals surface area contributed by atoms with Crippen molar-refractivity contribution in [1.29, 1.82) is 0 Å². The highest BCUT2D eigenvalue weighted by Crippen LogP contribution is 2.31. The van der Waals surface area contributed by atoms with Gasteiger partial charge in [0.25, 0.3) is 0 Å². The number of rotatable bonds is 4. The maximum Gasteiger partial charge on any atom is 0.192 e. The maximum absolute atomic E-state index is 9.36. The first-order valence-corrected chi connectivity index (χ1v) is 8.30. The number of hydrogen-bond acceptors (Lipinski definition) is 3. The molecule has 1 aliphatic rings. The van der Waals surface area contributed by atoms with E-state index in [0.717, 1.165) is 30.2 Å². The number of guanidine groups is 1. The summed E-state index contributed by atoms with van der Waals surface area (Å²) in [5, 5.41) is 16.2. The van der Waals surface area contributed by atoms with Crippen molar-refractivity contribution in [2.45, 2.75) is 25.9 Å². The number of nitrogens with zero attached hydrogens (tertiary/aromatic N) is 1. The minimum atomic E-state index is 0. The molecule has 3 N–H and O–H groups in total. The minimum absolute atomic E-state index is 0. The van der Waals surface area contributed by atoms with Gasteiger partial charge in [-0.1, -0.05) is 30.3 Å². The predicted octanol–water partition coefficient (Wildman–Crippen LogP) is 3.59. The molecule has 0 aliphatic carbocycles. The molecule has 25 heavy (non-hydrogen) atoms. The molecule has 2 aromatic carbocycles. The third-order valence-electron chi connectivity index (χ3n) is 3.97. The fourth-order valence-electron chi connectivity index (χ4n) is 2.75. The van der Waals surface area contributed by atoms with Crippen LogP contribution < -0.4 is 15.4 Å². The van der Waals surface area contributed by atoms with Gasteiger partial charge in [0.15, 0.2) is 5.96 Å². The molecule has 0 saturated carbocycles. The lowest BCUT2D eigenvalue weighted by Gasteiger charge is -2.28. The molecule has 1 atom stereocenters. The van der Waals surface area contributed by atoms with Crippen LogP contribution in [0.2, 0.25) is 0 Å². The van der Waals surface area contributed by atoms with Crippen molar-refractivity contribution in [3.63, 3.8) is 0 Å². The molecule has 0 fully saturated rings. The molecule has 6 heteroatoms. The Labute approximate surface area is 165 Å². The molecule has 1 heterocycles. The highest BCUT2D eigenvalue weighted by atomic mass is 127. The molecule has 3 rings (SSSR count). The fourth-order valence-corrected chi connectivity index (χ4v) is 2.75. The molecule has 0 radical (unpaired) electrons. The normalized spacial score (nSPS) is 16.2. The number of nitrogens with one attached hydrogen (secondary N) is 2. The molecule has 0 amide bonds. The van der Waals surface area contributed by atoms with Crippen LogP contribution in [0, 0.1) is 0 Å². The van der Waals surface area contributed by atoms with Gasteiger partial charge in [0.05, 0.1) is 19.2 Å². The number of aliphatic imine (C=N–C) groups is 1. The molecular weight excluding hydrogens is 429 g/mol. The molecule has 0 saturated heterocycles. The summed E-state index contributed by atoms with van der Waals surface area (Å²) in [5.74, 6) is 1.99. The first kappa shape index (κ1) is 19.4. The Morgan fingerprint density at radius 1 is 1.20 bits per heavy atom. The molecule has 5 nitrogen and oxygen atoms in total. The van der Waals surface area contributed by atoms with E-state index in [1.807, 2.05) is 30.3 Å². The van der Waals surface area contributed by atoms with Crippen LogP contribution in [0.5, 0.6) is 11.5 Å². The smallest absolute Gasteiger partial charge is 0.192 e. The van der Waals surface area contributed by atoms with E-state index in [4.69, 9.17) is 4.74 Å². The van der Waals surface area contributed by atoms with E-state index in [1.54, 1.807) is 12.1 Å². The summed E-state index contributed by atoms with van der Waals surface area (Å²) in [6, 6.07) is 15.4. The summed E-state index contributed by atoms with van der Waals surface area (Å²) in [7, 11) is 0. The van der Waals surface area contributed by atoms with Gasteiger partial charge in [0.1, 0.15) is 11.5 Å². The first-order chi connectivity index (χ1) is 11.8. The SMILES string of the molecule is CCNC(=NCc1ccc(O)cc1)NC1CCOc2ccccc21.I. The Morgan fingerprint density at radius 3 is 2.72 bits per heavy atom. The standard InChI is InChI=1S/C19H23N3O2.HI/c1-2-20-19(21-13-14-7-9-15(23)10-8-14)22-17-11-12-24-18-6-4-3-5-16(17)18;/h3-10,17,23H,2,11-13H2,1H3,(H2,20,21,22);1H. The van der Waals surface area contributed by atoms with Gasteiger partial charge < -0.3 is 20.5 Å². The van der Waals surface area contributed by atoms with E-state index >= 15 is 0 Å². The van der Waals surface area contributed by atoms with Crippen molar-refractivity contribution in [1.82, 2.24) is 10.6 Å². The molecular formula is C19H24IN3O2. The van der Waals surface area contributed by atoms with Crippen LogP contribution in [0.25, 0.3) is 0 Å². The van der Waals surface area contributed by atoms with Crippen LogP contribution in [0.1, 0.15) is 30.5 Å². The van der Waals surface area contributed by atoms with E-state index in [0.29, 0.717) is 13.2 Å². The third kappa shape index (κ3) is 5.26. The number of ether oxygens (including phenoxy) is 1. The van der Waals surface area contributed by atoms with Crippen molar-refractivity contribution in [3.8, 4) is 11.5 Å². The lowest BCUT2D eigenvalue weighted by atomic mass is 10.0. The van der Waals surface area contributed by atoms with Crippen LogP contribution in [0.15, 0.2) is 53.5 Å². The second kappa shape index (κ2) is 9.50. The Balaban J connectivity index is 0.00000225. The number of fused-ring (bicyclic) bond motifs is 1. The van der Waals surface area contributed by atoms with Gasteiger partial charge in [-0.25, -0.2) is 4.99 Å². The highest BCUT2D eigenvalue weighted by Gasteiger charge is 2.21. The Kier molecular flexibility index (Phi) is 7.36. The van der Waals surface area contributed by atoms with Gasteiger partial charge in [-0.3, -0.25) is 0 Å². The second-order valence-corrected chi connectivity index (χ2v) is 5.73. The summed E-state index contributed by atoms with van der Waals surface area (Å²) < 4.78 is 5.71. The van der Waals surface area contributed by atoms with E-state index in [1.165, 1.54) is 5.56 Å². The minimum Gasteiger partial charge on any atom is -0.508 e. The molecule has 0 aromatic heterocycles. The lowest BCUT2D eigenvalue weighted by molar-refractivity contribution is 0.261. The summed E-state index contributed by atoms with van der Waals surface area (Å²) in [5.41, 5.74) is 2.22. The predicted molar refractivity (Wildman–Crippen MR) is 111 cm³/mol. The monoisotopic (exact) mass is 453 g/mol. The number of benzene rings is 2. The topological polar surface area (TPSA) is 65.9 Å². The van der Waals surface area contributed by atoms with Gasteiger partial charge in [-0.15, -0.1) is 24.0 Å². The number of hydrogen-bond donors (Lipinski definition) is 3. The van der Waals surface area contributed by atoms with E-state index < -0.39 is 0 Å². The molecule has 1 aliphatic heterocycles. The highest BCUT2D eigenvalue weighted by molar-refractivity contribution is 14.0. The van der Waals surface area contributed by atoms with Crippen LogP contribution in [0.3, 0.4) is 0 Å². The van der Waals surface area contributed by atoms with Crippen molar-refractivity contribution in [3.05, 3.63) is 59.7 Å². The van der Waals surface area contributed by atoms with Crippen molar-refractivity contribution >= 4 is 29.9 Å². The van der Waals surface area contributed by atoms with Crippen molar-refractivity contribution < 1.29 is 9.84 Å². The molecule has 0 spiro atoms. The molecule has 2 aromatic rings. The average molecular weight is 453 g/mol. The van der Waals surface area contributed by atoms with Gasteiger partial charge in [0.2, 0.25) is 0 Å². The van der Waals surface area contributed by atoms with Crippen molar-refractivity contribution in [2.75, 3.05) is 13.2 Å². The van der Waals surface area contributed by atoms with Gasteiger partial charge in [-0.05, 0) is 30.7 Å². The summed E-state index contributed by atoms with van der Waals surface area (Å²) >= 11 is 0. The summed E-state index contributed by atoms with van der Waals surface area (Å²) in [6.07, 6.45) is 0.903. The Hall–Kier alpha value is -1.96. The van der Waals surface area contributed by atoms with E-state index in [2.05, 4.69) is 28.6 Å². The van der Waals surface area contributed by atoms with Crippen LogP contribution in [-0.2, 0) is 6.54 Å². The molecule has 0 bridgehead atoms. The summed E-state index contributed by atoms with van der Waals surface area (Å²) in [6.45, 7) is 4.11. The van der Waals surface area contributed by atoms with Crippen LogP contribution in [-0.4, -0.2) is 24.2 Å². The number of phenolic OH excluding ortho intramolecular Hbond substituents is 1. The van der Waals surface area contributed by atoms with E-state index in [-0.39, 0.29) is 35.8 Å². The Bertz CT molecular complexity index is 704. The summed E-state index contributed by atoms with van der Waals surface area (Å²) in [4.78, 5) is 4.65. The fraction of sp³-hybridized carbons (Fsp3) is 0.316. The van der Waals surface area contributed by atoms with Crippen LogP contribution in [0.4, 0.5) is 0 Å². The third-order valence-corrected chi connectivity index (χ3v) is 3.97. The van der Waals surface area contributed by atoms with Gasteiger partial charge >= 0.3 is 0 Å². The zero-order valence-corrected chi connectivity index (χ0v) is 16.6. The quantitative estimate of drug-likeness (QED) is 0.376. The Morgan fingerprint density at radius 2 is 1.96 bits per heavy atom. The maximum atomic E-state index is 9.36. The first-order valence-electron chi connectivity index (χ1n) is 8.30. The molecule has 134 valence electrons. The second-order valence-electron chi connectivity index (χ2n) is 5.73. The zero-order valence-electron chi connectivity index (χ0n) is 14.2. The number of aromatic hydroxyl groups is 1. The van der Waals surface area contributed by atoms with Gasteiger partial charge in [0, 0.05) is 18.5 Å². The average Bonchev–Trinajstić information content (AvgIpc) is 2.61. The van der Waals surface area contributed by atoms with E-state index in [9.17, 15) is 5.11 Å². The lowest BCUT2D eigenvalue weighted by Crippen LogP contribution is -2.41. The van der Waals surface area contributed by atoms with Crippen molar-refractivity contribution in [2.24, 2.45) is 4.99 Å². The van der Waals surface area contributed by atoms with Crippen LogP contribution >= 0.6 is 24.0 Å². The number of phenols is 1. The number of para-hydroxylation sites is 1. The largest absolute Gasteiger partial charge is 0.508 e. The van der Waals surface area contributed by atoms with Gasteiger partial charge in [-0.2, -0.15) is 0 Å². The zero-order chi connectivity index (χ0) is 16.8. The molecule has 1 unspecified atom stereocenters. The number of halogens is 1.